The van der Waals surface area contributed by atoms with Crippen molar-refractivity contribution in [2.45, 2.75) is 19.1 Å². The molecule has 0 aliphatic rings. The minimum absolute atomic E-state index is 0.0399. The number of aliphatic hydroxyl groups excluding tert-OH is 1. The molecule has 3 nitrogen and oxygen atoms in total. The van der Waals surface area contributed by atoms with Crippen LogP contribution in [0.25, 0.3) is 11.3 Å². The molecule has 2 aromatic rings. The molecule has 0 radical (unpaired) electrons. The van der Waals surface area contributed by atoms with E-state index in [-0.39, 0.29) is 16.8 Å². The van der Waals surface area contributed by atoms with Gasteiger partial charge in [0.05, 0.1) is 12.3 Å². The number of halogens is 6. The first kappa shape index (κ1) is 17.1. The van der Waals surface area contributed by atoms with Gasteiger partial charge in [-0.1, -0.05) is 18.2 Å². The van der Waals surface area contributed by atoms with Gasteiger partial charge < -0.3 is 9.84 Å². The van der Waals surface area contributed by atoms with Crippen molar-refractivity contribution in [2.24, 2.45) is 0 Å². The van der Waals surface area contributed by atoms with Gasteiger partial charge in [0.2, 0.25) is 0 Å². The first-order valence-electron chi connectivity index (χ1n) is 6.14. The van der Waals surface area contributed by atoms with Gasteiger partial charge in [0, 0.05) is 11.1 Å². The first-order valence-corrected chi connectivity index (χ1v) is 6.14. The summed E-state index contributed by atoms with van der Waals surface area (Å²) in [4.78, 5) is 3.40. The van der Waals surface area contributed by atoms with Gasteiger partial charge in [-0.3, -0.25) is 0 Å². The van der Waals surface area contributed by atoms with Crippen LogP contribution in [-0.4, -0.2) is 16.5 Å². The van der Waals surface area contributed by atoms with Gasteiger partial charge in [-0.05, 0) is 18.2 Å². The van der Waals surface area contributed by atoms with E-state index >= 15 is 0 Å². The molecule has 23 heavy (non-hydrogen) atoms. The second-order valence-electron chi connectivity index (χ2n) is 4.44. The SMILES string of the molecule is OCc1ccc(C(F)(F)F)nc1-c1cccc(OC(F)(F)F)c1. The number of rotatable bonds is 3. The molecule has 1 N–H and O–H groups in total. The van der Waals surface area contributed by atoms with Crippen molar-refractivity contribution < 1.29 is 36.2 Å². The highest BCUT2D eigenvalue weighted by atomic mass is 19.4. The molecule has 2 rings (SSSR count). The number of hydrogen-bond acceptors (Lipinski definition) is 3. The zero-order valence-corrected chi connectivity index (χ0v) is 11.2. The number of ether oxygens (including phenoxy) is 1. The molecular formula is C14H9F6NO2. The molecule has 0 atom stereocenters. The van der Waals surface area contributed by atoms with E-state index in [1.165, 1.54) is 12.1 Å². The third-order valence-corrected chi connectivity index (χ3v) is 2.78. The predicted octanol–water partition coefficient (Wildman–Crippen LogP) is 4.16. The van der Waals surface area contributed by atoms with E-state index in [1.807, 2.05) is 0 Å². The minimum Gasteiger partial charge on any atom is -0.406 e. The van der Waals surface area contributed by atoms with Crippen LogP contribution in [0.5, 0.6) is 5.75 Å². The number of benzene rings is 1. The average Bonchev–Trinajstić information content (AvgIpc) is 2.44. The molecule has 9 heteroatoms. The number of hydrogen-bond donors (Lipinski definition) is 1. The lowest BCUT2D eigenvalue weighted by atomic mass is 10.1. The number of nitrogens with zero attached hydrogens (tertiary/aromatic N) is 1. The van der Waals surface area contributed by atoms with E-state index in [0.29, 0.717) is 6.07 Å². The topological polar surface area (TPSA) is 42.4 Å². The Morgan fingerprint density at radius 2 is 1.70 bits per heavy atom. The fourth-order valence-corrected chi connectivity index (χ4v) is 1.86. The molecule has 0 aliphatic heterocycles. The maximum atomic E-state index is 12.7. The van der Waals surface area contributed by atoms with Crippen molar-refractivity contribution >= 4 is 0 Å². The van der Waals surface area contributed by atoms with Crippen LogP contribution in [0.4, 0.5) is 26.3 Å². The van der Waals surface area contributed by atoms with Crippen LogP contribution >= 0.6 is 0 Å². The lowest BCUT2D eigenvalue weighted by Crippen LogP contribution is -2.17. The monoisotopic (exact) mass is 337 g/mol. The lowest BCUT2D eigenvalue weighted by molar-refractivity contribution is -0.274. The van der Waals surface area contributed by atoms with Crippen molar-refractivity contribution in [3.8, 4) is 17.0 Å². The van der Waals surface area contributed by atoms with Crippen molar-refractivity contribution in [3.63, 3.8) is 0 Å². The normalized spacial score (nSPS) is 12.3. The molecular weight excluding hydrogens is 328 g/mol. The fourth-order valence-electron chi connectivity index (χ4n) is 1.86. The van der Waals surface area contributed by atoms with Crippen molar-refractivity contribution in [2.75, 3.05) is 0 Å². The summed E-state index contributed by atoms with van der Waals surface area (Å²) >= 11 is 0. The largest absolute Gasteiger partial charge is 0.573 e. The molecule has 124 valence electrons. The summed E-state index contributed by atoms with van der Waals surface area (Å²) in [6.45, 7) is -0.620. The molecule has 0 unspecified atom stereocenters. The van der Waals surface area contributed by atoms with Crippen molar-refractivity contribution in [1.82, 2.24) is 4.98 Å². The van der Waals surface area contributed by atoms with Gasteiger partial charge in [0.25, 0.3) is 0 Å². The Morgan fingerprint density at radius 3 is 2.26 bits per heavy atom. The number of alkyl halides is 6. The van der Waals surface area contributed by atoms with E-state index in [1.54, 1.807) is 0 Å². The van der Waals surface area contributed by atoms with Gasteiger partial charge in [-0.25, -0.2) is 4.98 Å². The van der Waals surface area contributed by atoms with Gasteiger partial charge in [-0.2, -0.15) is 13.2 Å². The summed E-state index contributed by atoms with van der Waals surface area (Å²) in [5.41, 5.74) is -1.48. The summed E-state index contributed by atoms with van der Waals surface area (Å²) in [5, 5.41) is 9.20. The van der Waals surface area contributed by atoms with Crippen molar-refractivity contribution in [3.05, 3.63) is 47.7 Å². The Hall–Kier alpha value is -2.29. The second kappa shape index (κ2) is 6.07. The molecule has 0 bridgehead atoms. The molecule has 0 saturated carbocycles. The van der Waals surface area contributed by atoms with E-state index in [9.17, 15) is 31.4 Å². The smallest absolute Gasteiger partial charge is 0.406 e. The Balaban J connectivity index is 2.50. The number of aliphatic hydroxyl groups is 1. The highest BCUT2D eigenvalue weighted by molar-refractivity contribution is 5.65. The zero-order chi connectivity index (χ0) is 17.3. The summed E-state index contributed by atoms with van der Waals surface area (Å²) in [6.07, 6.45) is -9.65. The van der Waals surface area contributed by atoms with E-state index in [4.69, 9.17) is 0 Å². The van der Waals surface area contributed by atoms with E-state index in [2.05, 4.69) is 9.72 Å². The van der Waals surface area contributed by atoms with Crippen LogP contribution in [-0.2, 0) is 12.8 Å². The van der Waals surface area contributed by atoms with E-state index in [0.717, 1.165) is 18.2 Å². The Morgan fingerprint density at radius 1 is 1.00 bits per heavy atom. The molecule has 0 amide bonds. The highest BCUT2D eigenvalue weighted by Gasteiger charge is 2.33. The Kier molecular flexibility index (Phi) is 4.51. The van der Waals surface area contributed by atoms with Crippen LogP contribution in [0.3, 0.4) is 0 Å². The first-order chi connectivity index (χ1) is 10.6. The summed E-state index contributed by atoms with van der Waals surface area (Å²) < 4.78 is 78.5. The van der Waals surface area contributed by atoms with Crippen LogP contribution in [0.15, 0.2) is 36.4 Å². The third-order valence-electron chi connectivity index (χ3n) is 2.78. The van der Waals surface area contributed by atoms with Crippen molar-refractivity contribution in [1.29, 1.82) is 0 Å². The molecule has 1 aromatic heterocycles. The number of pyridine rings is 1. The molecule has 0 fully saturated rings. The highest BCUT2D eigenvalue weighted by Crippen LogP contribution is 2.33. The summed E-state index contributed by atoms with van der Waals surface area (Å²) in [7, 11) is 0. The minimum atomic E-state index is -4.93. The summed E-state index contributed by atoms with van der Waals surface area (Å²) in [6, 6.07) is 6.05. The maximum Gasteiger partial charge on any atom is 0.573 e. The maximum absolute atomic E-state index is 12.7. The third kappa shape index (κ3) is 4.35. The molecule has 0 spiro atoms. The zero-order valence-electron chi connectivity index (χ0n) is 11.2. The lowest BCUT2D eigenvalue weighted by Gasteiger charge is -2.13. The fraction of sp³-hybridized carbons (Fsp3) is 0.214. The molecule has 0 saturated heterocycles. The van der Waals surface area contributed by atoms with Crippen LogP contribution in [0.1, 0.15) is 11.3 Å². The van der Waals surface area contributed by atoms with E-state index < -0.39 is 30.6 Å². The Labute approximate surface area is 126 Å². The van der Waals surface area contributed by atoms with Crippen LogP contribution < -0.4 is 4.74 Å². The van der Waals surface area contributed by atoms with Gasteiger partial charge >= 0.3 is 12.5 Å². The predicted molar refractivity (Wildman–Crippen MR) is 67.3 cm³/mol. The van der Waals surface area contributed by atoms with Crippen LogP contribution in [0, 0.1) is 0 Å². The Bertz CT molecular complexity index is 696. The number of aromatic nitrogens is 1. The van der Waals surface area contributed by atoms with Crippen LogP contribution in [0.2, 0.25) is 0 Å². The molecule has 0 aliphatic carbocycles. The van der Waals surface area contributed by atoms with Gasteiger partial charge in [-0.15, -0.1) is 13.2 Å². The van der Waals surface area contributed by atoms with Gasteiger partial charge in [0.1, 0.15) is 11.4 Å². The average molecular weight is 337 g/mol. The van der Waals surface area contributed by atoms with Gasteiger partial charge in [0.15, 0.2) is 0 Å². The quantitative estimate of drug-likeness (QED) is 0.856. The second-order valence-corrected chi connectivity index (χ2v) is 4.44. The summed E-state index contributed by atoms with van der Waals surface area (Å²) in [5.74, 6) is -0.599. The molecule has 1 heterocycles. The standard InChI is InChI=1S/C14H9F6NO2/c15-13(16,17)11-5-4-9(7-22)12(21-11)8-2-1-3-10(6-8)23-14(18,19)20/h1-6,22H,7H2. The molecule has 1 aromatic carbocycles.